The van der Waals surface area contributed by atoms with Crippen molar-refractivity contribution in [1.82, 2.24) is 9.97 Å². The fourth-order valence-corrected chi connectivity index (χ4v) is 7.60. The number of halogens is 2. The van der Waals surface area contributed by atoms with Crippen LogP contribution in [0.1, 0.15) is 30.9 Å². The summed E-state index contributed by atoms with van der Waals surface area (Å²) >= 11 is -1.73. The number of aryl methyl sites for hydroxylation is 1. The van der Waals surface area contributed by atoms with Gasteiger partial charge in [-0.25, -0.2) is 8.78 Å². The van der Waals surface area contributed by atoms with Crippen LogP contribution >= 0.6 is 0 Å². The minimum atomic E-state index is -1.73. The minimum absolute atomic E-state index is 0. The van der Waals surface area contributed by atoms with E-state index in [0.717, 1.165) is 39.4 Å². The Kier molecular flexibility index (Phi) is 10.8. The van der Waals surface area contributed by atoms with Gasteiger partial charge in [-0.05, 0) is 41.4 Å². The normalized spacial score (nSPS) is 11.4. The molecule has 0 saturated heterocycles. The molecule has 1 radical (unpaired) electrons. The first-order chi connectivity index (χ1) is 22.5. The number of rotatable bonds is 5. The number of nitrogens with zero attached hydrogens (tertiary/aromatic N) is 2. The van der Waals surface area contributed by atoms with Gasteiger partial charge in [0.25, 0.3) is 0 Å². The minimum Gasteiger partial charge on any atom is 0 e. The summed E-state index contributed by atoms with van der Waals surface area (Å²) in [7, 11) is 0. The molecule has 48 heavy (non-hydrogen) atoms. The van der Waals surface area contributed by atoms with Gasteiger partial charge < -0.3 is 9.40 Å². The number of aromatic nitrogens is 2. The van der Waals surface area contributed by atoms with Gasteiger partial charge in [0.15, 0.2) is 0 Å². The Morgan fingerprint density at radius 1 is 0.792 bits per heavy atom. The second kappa shape index (κ2) is 14.7. The molecular formula is C41H36F2GeIrN2O-2. The van der Waals surface area contributed by atoms with Crippen molar-refractivity contribution in [2.24, 2.45) is 0 Å². The molecule has 3 heterocycles. The van der Waals surface area contributed by atoms with Crippen molar-refractivity contribution in [1.29, 1.82) is 0 Å². The van der Waals surface area contributed by atoms with Crippen molar-refractivity contribution in [2.45, 2.75) is 44.0 Å². The van der Waals surface area contributed by atoms with Crippen LogP contribution in [-0.4, -0.2) is 23.2 Å². The Labute approximate surface area is 297 Å². The standard InChI is InChI=1S/C26H18F2NO.C15H18GeN.Ir/c1-15(2)16-10-11-29-24(12-16)22-5-3-4-21-20-8-6-17(13-25(20)30-26(21)22)19-9-7-18(27)14-23(19)28;1-12-5-7-13(8-6-12)15-10-9-14(11-17-15)16(2,3)4;/h3-4,6-15H,1-2H3;5-7,9-11H,1-4H3;/q2*-1;. The van der Waals surface area contributed by atoms with Gasteiger partial charge in [-0.15, -0.1) is 18.2 Å². The van der Waals surface area contributed by atoms with Crippen LogP contribution in [0.15, 0.2) is 108 Å². The summed E-state index contributed by atoms with van der Waals surface area (Å²) in [4.78, 5) is 9.08. The smallest absolute Gasteiger partial charge is 0 e. The summed E-state index contributed by atoms with van der Waals surface area (Å²) in [5.41, 5.74) is 8.39. The fourth-order valence-electron chi connectivity index (χ4n) is 5.42. The summed E-state index contributed by atoms with van der Waals surface area (Å²) in [5.74, 6) is 6.33. The molecule has 245 valence electrons. The molecule has 0 bridgehead atoms. The third-order valence-corrected chi connectivity index (χ3v) is 12.5. The number of pyridine rings is 2. The van der Waals surface area contributed by atoms with Gasteiger partial charge in [0, 0.05) is 43.3 Å². The Morgan fingerprint density at radius 2 is 1.60 bits per heavy atom. The molecule has 7 heteroatoms. The average Bonchev–Trinajstić information content (AvgIpc) is 3.43. The molecule has 0 aliphatic carbocycles. The van der Waals surface area contributed by atoms with Crippen LogP contribution in [-0.2, 0) is 20.1 Å². The third kappa shape index (κ3) is 7.67. The number of fused-ring (bicyclic) bond motifs is 3. The quantitative estimate of drug-likeness (QED) is 0.128. The summed E-state index contributed by atoms with van der Waals surface area (Å²) < 4.78 is 35.2. The van der Waals surface area contributed by atoms with Crippen LogP contribution in [0.2, 0.25) is 17.3 Å². The third-order valence-electron chi connectivity index (χ3n) is 8.26. The van der Waals surface area contributed by atoms with Crippen LogP contribution in [0.25, 0.3) is 55.6 Å². The molecular weight excluding hydrogens is 839 g/mol. The van der Waals surface area contributed by atoms with Gasteiger partial charge in [0.1, 0.15) is 17.2 Å². The van der Waals surface area contributed by atoms with Crippen molar-refractivity contribution in [3.8, 4) is 33.6 Å². The maximum Gasteiger partial charge on any atom is 0 e. The van der Waals surface area contributed by atoms with E-state index in [2.05, 4.69) is 90.5 Å². The summed E-state index contributed by atoms with van der Waals surface area (Å²) in [6.45, 7) is 6.35. The maximum atomic E-state index is 14.2. The molecule has 0 spiro atoms. The van der Waals surface area contributed by atoms with Crippen molar-refractivity contribution in [2.75, 3.05) is 0 Å². The van der Waals surface area contributed by atoms with Gasteiger partial charge >= 0.3 is 106 Å². The Bertz CT molecular complexity index is 2190. The van der Waals surface area contributed by atoms with E-state index in [9.17, 15) is 8.78 Å². The monoisotopic (exact) mass is 877 g/mol. The molecule has 0 saturated carbocycles. The Hall–Kier alpha value is -3.97. The van der Waals surface area contributed by atoms with E-state index < -0.39 is 24.9 Å². The molecule has 0 aliphatic rings. The second-order valence-corrected chi connectivity index (χ2v) is 23.8. The average molecular weight is 876 g/mol. The first-order valence-corrected chi connectivity index (χ1v) is 23.1. The van der Waals surface area contributed by atoms with E-state index >= 15 is 0 Å². The second-order valence-electron chi connectivity index (χ2n) is 13.1. The van der Waals surface area contributed by atoms with E-state index in [1.54, 1.807) is 12.3 Å². The zero-order chi connectivity index (χ0) is 33.3. The molecule has 0 amide bonds. The topological polar surface area (TPSA) is 38.9 Å². The molecule has 0 atom stereocenters. The zero-order valence-electron chi connectivity index (χ0n) is 27.8. The SMILES string of the molecule is CC(C)c1ccnc(-c2[c-]ccc3c2oc2cc(-c4ccc(F)cc4F)ccc23)c1.Cc1c[c-]c(-c2cc[c]([Ge]([CH3])([CH3])[CH3])cn2)cc1.[Ir]. The Balaban J connectivity index is 0.000000214. The van der Waals surface area contributed by atoms with E-state index in [1.165, 1.54) is 27.7 Å². The summed E-state index contributed by atoms with van der Waals surface area (Å²) in [6.07, 6.45) is 3.85. The molecule has 4 aromatic carbocycles. The van der Waals surface area contributed by atoms with Gasteiger partial charge in [0.2, 0.25) is 0 Å². The largest absolute Gasteiger partial charge is 0 e. The fraction of sp³-hybridized carbons (Fsp3) is 0.171. The first-order valence-electron chi connectivity index (χ1n) is 15.7. The Morgan fingerprint density at radius 3 is 2.27 bits per heavy atom. The first kappa shape index (κ1) is 35.3. The van der Waals surface area contributed by atoms with Gasteiger partial charge in [0.05, 0.1) is 5.58 Å². The molecule has 0 fully saturated rings. The molecule has 3 nitrogen and oxygen atoms in total. The molecule has 0 aliphatic heterocycles. The van der Waals surface area contributed by atoms with E-state index in [4.69, 9.17) is 4.42 Å². The maximum absolute atomic E-state index is 14.2. The van der Waals surface area contributed by atoms with Gasteiger partial charge in [-0.2, -0.15) is 0 Å². The predicted molar refractivity (Wildman–Crippen MR) is 191 cm³/mol. The summed E-state index contributed by atoms with van der Waals surface area (Å²) in [6, 6.07) is 34.0. The van der Waals surface area contributed by atoms with Crippen LogP contribution in [0, 0.1) is 30.7 Å². The number of benzene rings is 4. The van der Waals surface area contributed by atoms with Crippen LogP contribution in [0.3, 0.4) is 0 Å². The van der Waals surface area contributed by atoms with Gasteiger partial charge in [-0.1, -0.05) is 48.6 Å². The number of hydrogen-bond acceptors (Lipinski definition) is 3. The molecule has 3 aromatic heterocycles. The van der Waals surface area contributed by atoms with E-state index in [0.29, 0.717) is 28.2 Å². The zero-order valence-corrected chi connectivity index (χ0v) is 32.3. The van der Waals surface area contributed by atoms with E-state index in [-0.39, 0.29) is 20.1 Å². The molecule has 0 N–H and O–H groups in total. The van der Waals surface area contributed by atoms with Crippen LogP contribution < -0.4 is 4.40 Å². The van der Waals surface area contributed by atoms with Crippen molar-refractivity contribution in [3.05, 3.63) is 138 Å². The molecule has 0 unspecified atom stereocenters. The van der Waals surface area contributed by atoms with E-state index in [1.807, 2.05) is 42.6 Å². The van der Waals surface area contributed by atoms with Crippen molar-refractivity contribution < 1.29 is 33.3 Å². The van der Waals surface area contributed by atoms with Crippen molar-refractivity contribution >= 4 is 39.6 Å². The molecule has 7 rings (SSSR count). The van der Waals surface area contributed by atoms with Crippen molar-refractivity contribution in [3.63, 3.8) is 0 Å². The number of hydrogen-bond donors (Lipinski definition) is 0. The molecule has 7 aromatic rings. The van der Waals surface area contributed by atoms with Crippen LogP contribution in [0.4, 0.5) is 8.78 Å². The summed E-state index contributed by atoms with van der Waals surface area (Å²) in [5, 5.41) is 1.87. The van der Waals surface area contributed by atoms with Crippen LogP contribution in [0.5, 0.6) is 0 Å². The number of furan rings is 1. The van der Waals surface area contributed by atoms with Gasteiger partial charge in [-0.3, -0.25) is 0 Å². The predicted octanol–water partition coefficient (Wildman–Crippen LogP) is 10.9.